The third kappa shape index (κ3) is 13.0. The Morgan fingerprint density at radius 1 is 0.923 bits per heavy atom. The van der Waals surface area contributed by atoms with E-state index in [1.165, 1.54) is 0 Å². The van der Waals surface area contributed by atoms with Crippen LogP contribution < -0.4 is 14.2 Å². The zero-order valence-electron chi connectivity index (χ0n) is 21.0. The van der Waals surface area contributed by atoms with Crippen molar-refractivity contribution in [3.8, 4) is 29.1 Å². The van der Waals surface area contributed by atoms with Gasteiger partial charge in [0.25, 0.3) is 0 Å². The number of allylic oxidation sites excluding steroid dienone is 1. The number of benzene rings is 2. The number of alkyl halides is 6. The van der Waals surface area contributed by atoms with Crippen LogP contribution in [0.1, 0.15) is 25.0 Å². The van der Waals surface area contributed by atoms with Gasteiger partial charge in [-0.1, -0.05) is 24.0 Å². The van der Waals surface area contributed by atoms with E-state index in [0.717, 1.165) is 23.8 Å². The molecule has 2 aromatic rings. The number of carbonyl (C=O) groups is 1. The first-order valence-electron chi connectivity index (χ1n) is 11.5. The standard InChI is InChI=1S/C27H26F6O6/c1-3-36-24(25(34)35)14-19-6-8-21(9-7-19)37-11-10-18(2)4-5-20-12-22(38-16-26(28,29)30)15-23(13-20)39-17-27(31,32)33/h6-10,12-13,15,24H,3,11,14,16-17H2,1-2H3,(H,34,35)/b18-10-/t24-/m0/s1. The predicted molar refractivity (Wildman–Crippen MR) is 129 cm³/mol. The molecule has 0 aliphatic carbocycles. The molecule has 0 aliphatic rings. The van der Waals surface area contributed by atoms with Crippen LogP contribution in [0.25, 0.3) is 0 Å². The molecule has 0 saturated heterocycles. The van der Waals surface area contributed by atoms with Crippen LogP contribution in [0.2, 0.25) is 0 Å². The first kappa shape index (κ1) is 31.4. The van der Waals surface area contributed by atoms with Gasteiger partial charge in [-0.2, -0.15) is 26.3 Å². The number of hydrogen-bond acceptors (Lipinski definition) is 5. The second kappa shape index (κ2) is 14.3. The monoisotopic (exact) mass is 560 g/mol. The summed E-state index contributed by atoms with van der Waals surface area (Å²) in [5, 5.41) is 9.18. The summed E-state index contributed by atoms with van der Waals surface area (Å²) in [6, 6.07) is 10.0. The van der Waals surface area contributed by atoms with Crippen molar-refractivity contribution >= 4 is 5.97 Å². The second-order valence-electron chi connectivity index (χ2n) is 8.08. The number of aliphatic carboxylic acids is 1. The smallest absolute Gasteiger partial charge is 0.422 e. The first-order valence-corrected chi connectivity index (χ1v) is 11.5. The highest BCUT2D eigenvalue weighted by Gasteiger charge is 2.30. The van der Waals surface area contributed by atoms with E-state index in [0.29, 0.717) is 11.3 Å². The average molecular weight is 560 g/mol. The van der Waals surface area contributed by atoms with Crippen LogP contribution in [0, 0.1) is 11.8 Å². The van der Waals surface area contributed by atoms with Gasteiger partial charge in [0.1, 0.15) is 23.9 Å². The van der Waals surface area contributed by atoms with Crippen molar-refractivity contribution in [2.45, 2.75) is 38.7 Å². The van der Waals surface area contributed by atoms with E-state index >= 15 is 0 Å². The van der Waals surface area contributed by atoms with Gasteiger partial charge >= 0.3 is 18.3 Å². The molecule has 39 heavy (non-hydrogen) atoms. The third-order valence-electron chi connectivity index (χ3n) is 4.72. The first-order chi connectivity index (χ1) is 18.2. The highest BCUT2D eigenvalue weighted by atomic mass is 19.4. The topological polar surface area (TPSA) is 74.2 Å². The maximum atomic E-state index is 12.5. The lowest BCUT2D eigenvalue weighted by atomic mass is 10.1. The Kier molecular flexibility index (Phi) is 11.5. The normalized spacial score (nSPS) is 12.8. The summed E-state index contributed by atoms with van der Waals surface area (Å²) >= 11 is 0. The molecule has 0 unspecified atom stereocenters. The maximum absolute atomic E-state index is 12.5. The van der Waals surface area contributed by atoms with Gasteiger partial charge in [-0.05, 0) is 55.3 Å². The summed E-state index contributed by atoms with van der Waals surface area (Å²) in [6.07, 6.45) is -8.40. The molecule has 1 atom stereocenters. The van der Waals surface area contributed by atoms with Crippen LogP contribution in [0.15, 0.2) is 54.1 Å². The van der Waals surface area contributed by atoms with E-state index in [4.69, 9.17) is 9.47 Å². The Morgan fingerprint density at radius 3 is 1.97 bits per heavy atom. The molecule has 0 amide bonds. The Hall–Kier alpha value is -3.85. The quantitative estimate of drug-likeness (QED) is 0.255. The lowest BCUT2D eigenvalue weighted by molar-refractivity contribution is -0.154. The molecular weight excluding hydrogens is 534 g/mol. The van der Waals surface area contributed by atoms with Crippen molar-refractivity contribution in [1.29, 1.82) is 0 Å². The van der Waals surface area contributed by atoms with E-state index in [-0.39, 0.29) is 36.7 Å². The molecule has 0 saturated carbocycles. The maximum Gasteiger partial charge on any atom is 0.422 e. The van der Waals surface area contributed by atoms with Gasteiger partial charge in [0.05, 0.1) is 0 Å². The Labute approximate surface area is 221 Å². The molecule has 12 heteroatoms. The van der Waals surface area contributed by atoms with Crippen LogP contribution in [0.4, 0.5) is 26.3 Å². The van der Waals surface area contributed by atoms with Crippen LogP contribution in [-0.2, 0) is 16.0 Å². The molecule has 0 aromatic heterocycles. The molecule has 0 fully saturated rings. The highest BCUT2D eigenvalue weighted by Crippen LogP contribution is 2.26. The molecule has 2 rings (SSSR count). The van der Waals surface area contributed by atoms with E-state index in [1.54, 1.807) is 44.2 Å². The number of carboxylic acids is 1. The summed E-state index contributed by atoms with van der Waals surface area (Å²) in [5.41, 5.74) is 1.36. The summed E-state index contributed by atoms with van der Waals surface area (Å²) < 4.78 is 95.0. The fraction of sp³-hybridized carbons (Fsp3) is 0.370. The van der Waals surface area contributed by atoms with Crippen molar-refractivity contribution in [3.05, 3.63) is 65.2 Å². The van der Waals surface area contributed by atoms with Crippen molar-refractivity contribution in [1.82, 2.24) is 0 Å². The minimum absolute atomic E-state index is 0.0859. The van der Waals surface area contributed by atoms with Crippen LogP contribution in [0.5, 0.6) is 17.2 Å². The molecule has 0 radical (unpaired) electrons. The minimum Gasteiger partial charge on any atom is -0.490 e. The van der Waals surface area contributed by atoms with Gasteiger partial charge in [0.2, 0.25) is 0 Å². The molecule has 0 aliphatic heterocycles. The lowest BCUT2D eigenvalue weighted by Gasteiger charge is -2.13. The lowest BCUT2D eigenvalue weighted by Crippen LogP contribution is -2.26. The molecule has 0 heterocycles. The van der Waals surface area contributed by atoms with Crippen LogP contribution >= 0.6 is 0 Å². The number of carboxylic acid groups (broad SMARTS) is 1. The van der Waals surface area contributed by atoms with E-state index in [1.807, 2.05) is 0 Å². The van der Waals surface area contributed by atoms with Gasteiger partial charge < -0.3 is 24.1 Å². The Balaban J connectivity index is 2.04. The van der Waals surface area contributed by atoms with E-state index < -0.39 is 37.6 Å². The van der Waals surface area contributed by atoms with E-state index in [9.17, 15) is 36.2 Å². The van der Waals surface area contributed by atoms with Crippen molar-refractivity contribution < 1.29 is 55.2 Å². The highest BCUT2D eigenvalue weighted by molar-refractivity contribution is 5.72. The minimum atomic E-state index is -4.64. The molecule has 2 aromatic carbocycles. The molecule has 0 bridgehead atoms. The van der Waals surface area contributed by atoms with Crippen LogP contribution in [-0.4, -0.2) is 56.0 Å². The Bertz CT molecular complexity index is 1140. The number of hydrogen-bond donors (Lipinski definition) is 1. The zero-order valence-corrected chi connectivity index (χ0v) is 21.0. The summed E-state index contributed by atoms with van der Waals surface area (Å²) in [7, 11) is 0. The molecule has 6 nitrogen and oxygen atoms in total. The summed E-state index contributed by atoms with van der Waals surface area (Å²) in [5.74, 6) is 4.17. The number of halogens is 6. The molecule has 1 N–H and O–H groups in total. The fourth-order valence-electron chi connectivity index (χ4n) is 2.98. The largest absolute Gasteiger partial charge is 0.490 e. The van der Waals surface area contributed by atoms with Crippen molar-refractivity contribution in [3.63, 3.8) is 0 Å². The van der Waals surface area contributed by atoms with Gasteiger partial charge in [0.15, 0.2) is 19.3 Å². The van der Waals surface area contributed by atoms with Crippen LogP contribution in [0.3, 0.4) is 0 Å². The average Bonchev–Trinajstić information content (AvgIpc) is 2.85. The van der Waals surface area contributed by atoms with Gasteiger partial charge in [-0.25, -0.2) is 4.79 Å². The number of rotatable bonds is 12. The van der Waals surface area contributed by atoms with E-state index in [2.05, 4.69) is 21.3 Å². The van der Waals surface area contributed by atoms with Gasteiger partial charge in [0, 0.05) is 24.7 Å². The van der Waals surface area contributed by atoms with Gasteiger partial charge in [-0.3, -0.25) is 0 Å². The fourth-order valence-corrected chi connectivity index (χ4v) is 2.98. The molecule has 0 spiro atoms. The second-order valence-corrected chi connectivity index (χ2v) is 8.08. The molecular formula is C27H26F6O6. The van der Waals surface area contributed by atoms with Crippen molar-refractivity contribution in [2.75, 3.05) is 26.4 Å². The number of ether oxygens (including phenoxy) is 4. The third-order valence-corrected chi connectivity index (χ3v) is 4.72. The molecule has 212 valence electrons. The zero-order chi connectivity index (χ0) is 29.1. The van der Waals surface area contributed by atoms with Gasteiger partial charge in [-0.15, -0.1) is 0 Å². The SMILES string of the molecule is CCO[C@@H](Cc1ccc(OC/C=C(/C)C#Cc2cc(OCC(F)(F)F)cc(OCC(F)(F)F)c2)cc1)C(=O)O. The Morgan fingerprint density at radius 2 is 1.49 bits per heavy atom. The summed E-state index contributed by atoms with van der Waals surface area (Å²) in [6.45, 7) is 0.479. The summed E-state index contributed by atoms with van der Waals surface area (Å²) in [4.78, 5) is 11.2. The van der Waals surface area contributed by atoms with Crippen molar-refractivity contribution in [2.24, 2.45) is 0 Å². The predicted octanol–water partition coefficient (Wildman–Crippen LogP) is 5.98.